The van der Waals surface area contributed by atoms with Crippen molar-refractivity contribution in [3.05, 3.63) is 30.1 Å². The summed E-state index contributed by atoms with van der Waals surface area (Å²) in [4.78, 5) is 4.07. The van der Waals surface area contributed by atoms with Gasteiger partial charge < -0.3 is 5.32 Å². The van der Waals surface area contributed by atoms with E-state index in [1.807, 2.05) is 12.4 Å². The molecule has 3 atom stereocenters. The first-order chi connectivity index (χ1) is 8.31. The van der Waals surface area contributed by atoms with Gasteiger partial charge in [-0.3, -0.25) is 4.98 Å². The van der Waals surface area contributed by atoms with Gasteiger partial charge in [0.25, 0.3) is 0 Å². The van der Waals surface area contributed by atoms with Crippen LogP contribution in [-0.4, -0.2) is 22.0 Å². The molecule has 0 amide bonds. The first kappa shape index (κ1) is 12.9. The lowest BCUT2D eigenvalue weighted by Crippen LogP contribution is -2.36. The number of nitrogens with one attached hydrogen (secondary N) is 1. The quantitative estimate of drug-likeness (QED) is 0.867. The van der Waals surface area contributed by atoms with Crippen molar-refractivity contribution in [3.8, 4) is 0 Å². The van der Waals surface area contributed by atoms with Crippen LogP contribution in [0.5, 0.6) is 0 Å². The van der Waals surface area contributed by atoms with Crippen LogP contribution in [0.15, 0.2) is 24.5 Å². The van der Waals surface area contributed by atoms with Crippen molar-refractivity contribution in [2.24, 2.45) is 0 Å². The van der Waals surface area contributed by atoms with Gasteiger partial charge in [0.1, 0.15) is 0 Å². The van der Waals surface area contributed by atoms with Crippen molar-refractivity contribution in [1.82, 2.24) is 10.3 Å². The van der Waals surface area contributed by atoms with Crippen LogP contribution in [0.2, 0.25) is 0 Å². The smallest absolute Gasteiger partial charge is 0.0295 e. The van der Waals surface area contributed by atoms with Gasteiger partial charge in [0.05, 0.1) is 0 Å². The number of hydrogen-bond donors (Lipinski definition) is 1. The Morgan fingerprint density at radius 1 is 1.41 bits per heavy atom. The Hall–Kier alpha value is -0.540. The fourth-order valence-corrected chi connectivity index (χ4v) is 3.81. The van der Waals surface area contributed by atoms with Gasteiger partial charge >= 0.3 is 0 Å². The molecule has 2 nitrogen and oxygen atoms in total. The van der Waals surface area contributed by atoms with Gasteiger partial charge in [0.15, 0.2) is 0 Å². The van der Waals surface area contributed by atoms with Gasteiger partial charge in [-0.1, -0.05) is 13.3 Å². The minimum absolute atomic E-state index is 0.432. The standard InChI is InChI=1S/C14H22N2S/c1-3-17-14-6-4-5-13(14)16-11(2)12-7-9-15-10-8-12/h7-11,13-14,16H,3-6H2,1-2H3. The maximum Gasteiger partial charge on any atom is 0.0295 e. The van der Waals surface area contributed by atoms with E-state index < -0.39 is 0 Å². The highest BCUT2D eigenvalue weighted by Gasteiger charge is 2.28. The number of pyridine rings is 1. The summed E-state index contributed by atoms with van der Waals surface area (Å²) in [6.45, 7) is 4.51. The molecule has 1 saturated carbocycles. The van der Waals surface area contributed by atoms with Crippen LogP contribution in [0.1, 0.15) is 44.7 Å². The first-order valence-electron chi connectivity index (χ1n) is 6.59. The average Bonchev–Trinajstić information content (AvgIpc) is 2.78. The second-order valence-corrected chi connectivity index (χ2v) is 6.22. The summed E-state index contributed by atoms with van der Waals surface area (Å²) >= 11 is 2.11. The summed E-state index contributed by atoms with van der Waals surface area (Å²) < 4.78 is 0. The molecule has 1 aliphatic rings. The van der Waals surface area contributed by atoms with E-state index in [9.17, 15) is 0 Å². The van der Waals surface area contributed by atoms with E-state index in [-0.39, 0.29) is 0 Å². The number of thioether (sulfide) groups is 1. The Bertz CT molecular complexity index is 328. The molecule has 0 aliphatic heterocycles. The lowest BCUT2D eigenvalue weighted by molar-refractivity contribution is 0.467. The summed E-state index contributed by atoms with van der Waals surface area (Å²) in [5.41, 5.74) is 1.34. The second kappa shape index (κ2) is 6.41. The summed E-state index contributed by atoms with van der Waals surface area (Å²) in [6, 6.07) is 5.33. The average molecular weight is 250 g/mol. The molecular formula is C14H22N2S. The van der Waals surface area contributed by atoms with Crippen molar-refractivity contribution in [1.29, 1.82) is 0 Å². The fraction of sp³-hybridized carbons (Fsp3) is 0.643. The van der Waals surface area contributed by atoms with Crippen LogP contribution in [0, 0.1) is 0 Å². The number of hydrogen-bond acceptors (Lipinski definition) is 3. The van der Waals surface area contributed by atoms with Crippen LogP contribution < -0.4 is 5.32 Å². The van der Waals surface area contributed by atoms with Crippen LogP contribution in [0.25, 0.3) is 0 Å². The third kappa shape index (κ3) is 3.46. The molecule has 3 heteroatoms. The van der Waals surface area contributed by atoms with Crippen LogP contribution in [0.3, 0.4) is 0 Å². The lowest BCUT2D eigenvalue weighted by Gasteiger charge is -2.24. The Kier molecular flexibility index (Phi) is 4.86. The van der Waals surface area contributed by atoms with Gasteiger partial charge in [-0.05, 0) is 43.2 Å². The molecule has 2 rings (SSSR count). The van der Waals surface area contributed by atoms with Gasteiger partial charge in [-0.2, -0.15) is 11.8 Å². The zero-order valence-corrected chi connectivity index (χ0v) is 11.5. The van der Waals surface area contributed by atoms with E-state index in [1.54, 1.807) is 0 Å². The van der Waals surface area contributed by atoms with Gasteiger partial charge in [-0.25, -0.2) is 0 Å². The molecule has 1 aromatic rings. The van der Waals surface area contributed by atoms with Crippen molar-refractivity contribution < 1.29 is 0 Å². The molecule has 0 saturated heterocycles. The Morgan fingerprint density at radius 3 is 2.88 bits per heavy atom. The van der Waals surface area contributed by atoms with Gasteiger partial charge in [0.2, 0.25) is 0 Å². The Labute approximate surface area is 109 Å². The van der Waals surface area contributed by atoms with E-state index in [2.05, 4.69) is 48.0 Å². The molecule has 17 heavy (non-hydrogen) atoms. The molecule has 3 unspecified atom stereocenters. The maximum absolute atomic E-state index is 4.07. The molecule has 1 aromatic heterocycles. The fourth-order valence-electron chi connectivity index (χ4n) is 2.60. The predicted octanol–water partition coefficient (Wildman–Crippen LogP) is 3.41. The highest BCUT2D eigenvalue weighted by molar-refractivity contribution is 7.99. The molecule has 1 heterocycles. The minimum Gasteiger partial charge on any atom is -0.306 e. The van der Waals surface area contributed by atoms with Crippen LogP contribution >= 0.6 is 11.8 Å². The zero-order chi connectivity index (χ0) is 12.1. The zero-order valence-electron chi connectivity index (χ0n) is 10.7. The summed E-state index contributed by atoms with van der Waals surface area (Å²) in [5.74, 6) is 1.23. The summed E-state index contributed by atoms with van der Waals surface area (Å²) in [6.07, 6.45) is 7.83. The number of aromatic nitrogens is 1. The Balaban J connectivity index is 1.92. The molecular weight excluding hydrogens is 228 g/mol. The second-order valence-electron chi connectivity index (χ2n) is 4.70. The lowest BCUT2D eigenvalue weighted by atomic mass is 10.1. The number of nitrogens with zero attached hydrogens (tertiary/aromatic N) is 1. The monoisotopic (exact) mass is 250 g/mol. The van der Waals surface area contributed by atoms with Crippen LogP contribution in [-0.2, 0) is 0 Å². The Morgan fingerprint density at radius 2 is 2.18 bits per heavy atom. The van der Waals surface area contributed by atoms with E-state index in [4.69, 9.17) is 0 Å². The first-order valence-corrected chi connectivity index (χ1v) is 7.63. The topological polar surface area (TPSA) is 24.9 Å². The molecule has 94 valence electrons. The van der Waals surface area contributed by atoms with Crippen LogP contribution in [0.4, 0.5) is 0 Å². The van der Waals surface area contributed by atoms with Gasteiger partial charge in [-0.15, -0.1) is 0 Å². The molecule has 1 N–H and O–H groups in total. The van der Waals surface area contributed by atoms with Crippen molar-refractivity contribution in [2.45, 2.75) is 50.4 Å². The van der Waals surface area contributed by atoms with Crippen molar-refractivity contribution >= 4 is 11.8 Å². The molecule has 1 aliphatic carbocycles. The van der Waals surface area contributed by atoms with Gasteiger partial charge in [0, 0.05) is 29.7 Å². The summed E-state index contributed by atoms with van der Waals surface area (Å²) in [5, 5.41) is 4.59. The third-order valence-electron chi connectivity index (χ3n) is 3.50. The molecule has 0 spiro atoms. The van der Waals surface area contributed by atoms with Crippen molar-refractivity contribution in [3.63, 3.8) is 0 Å². The van der Waals surface area contributed by atoms with E-state index in [0.29, 0.717) is 12.1 Å². The van der Waals surface area contributed by atoms with Crippen molar-refractivity contribution in [2.75, 3.05) is 5.75 Å². The molecule has 0 radical (unpaired) electrons. The van der Waals surface area contributed by atoms with E-state index in [1.165, 1.54) is 30.6 Å². The maximum atomic E-state index is 4.07. The SMILES string of the molecule is CCSC1CCCC1NC(C)c1ccncc1. The molecule has 0 aromatic carbocycles. The highest BCUT2D eigenvalue weighted by Crippen LogP contribution is 2.31. The normalized spacial score (nSPS) is 26.0. The molecule has 1 fully saturated rings. The van der Waals surface area contributed by atoms with E-state index >= 15 is 0 Å². The summed E-state index contributed by atoms with van der Waals surface area (Å²) in [7, 11) is 0. The highest BCUT2D eigenvalue weighted by atomic mass is 32.2. The largest absolute Gasteiger partial charge is 0.306 e. The number of rotatable bonds is 5. The third-order valence-corrected chi connectivity index (χ3v) is 4.83. The molecule has 0 bridgehead atoms. The minimum atomic E-state index is 0.432. The predicted molar refractivity (Wildman–Crippen MR) is 75.3 cm³/mol. The van der Waals surface area contributed by atoms with E-state index in [0.717, 1.165) is 5.25 Å².